The summed E-state index contributed by atoms with van der Waals surface area (Å²) < 4.78 is 9.34. The van der Waals surface area contributed by atoms with E-state index in [1.165, 1.54) is 4.90 Å². The first-order valence-electron chi connectivity index (χ1n) is 12.1. The van der Waals surface area contributed by atoms with Crippen LogP contribution in [0, 0.1) is 6.92 Å². The standard InChI is InChI=1S/C28H31N5O2S/c1-20-24-19-32(28(34)29-16-8-18-35-2)26(21-12-14-23(36-3)15-13-21)25-11-7-17-31(25)27(24)33(30-20)22-9-5-4-6-10-22/h4-7,9-15,17,26H,8,16,18-19H2,1-3H3,(H,29,34)/t26-/m1/s1. The van der Waals surface area contributed by atoms with E-state index in [0.29, 0.717) is 19.7 Å². The van der Waals surface area contributed by atoms with Crippen LogP contribution in [0.15, 0.2) is 77.8 Å². The van der Waals surface area contributed by atoms with Crippen molar-refractivity contribution >= 4 is 17.8 Å². The summed E-state index contributed by atoms with van der Waals surface area (Å²) in [7, 11) is 1.67. The minimum atomic E-state index is -0.255. The normalized spacial score (nSPS) is 14.8. The molecule has 7 nitrogen and oxygen atoms in total. The predicted molar refractivity (Wildman–Crippen MR) is 143 cm³/mol. The summed E-state index contributed by atoms with van der Waals surface area (Å²) in [5.41, 5.74) is 5.02. The van der Waals surface area contributed by atoms with Crippen LogP contribution < -0.4 is 5.32 Å². The number of carbonyl (C=O) groups is 1. The minimum Gasteiger partial charge on any atom is -0.385 e. The summed E-state index contributed by atoms with van der Waals surface area (Å²) in [5.74, 6) is 0.971. The van der Waals surface area contributed by atoms with Gasteiger partial charge in [-0.1, -0.05) is 30.3 Å². The predicted octanol–water partition coefficient (Wildman–Crippen LogP) is 5.34. The monoisotopic (exact) mass is 501 g/mol. The highest BCUT2D eigenvalue weighted by molar-refractivity contribution is 7.98. The summed E-state index contributed by atoms with van der Waals surface area (Å²) in [4.78, 5) is 16.8. The molecule has 2 aromatic heterocycles. The smallest absolute Gasteiger partial charge is 0.318 e. The number of nitrogens with one attached hydrogen (secondary N) is 1. The highest BCUT2D eigenvalue weighted by atomic mass is 32.2. The molecule has 8 heteroatoms. The zero-order valence-corrected chi connectivity index (χ0v) is 21.7. The van der Waals surface area contributed by atoms with Gasteiger partial charge in [0.2, 0.25) is 0 Å². The van der Waals surface area contributed by atoms with Crippen molar-refractivity contribution in [2.45, 2.75) is 30.8 Å². The quantitative estimate of drug-likeness (QED) is 0.274. The minimum absolute atomic E-state index is 0.0995. The van der Waals surface area contributed by atoms with Crippen molar-refractivity contribution in [1.82, 2.24) is 24.6 Å². The van der Waals surface area contributed by atoms with E-state index in [9.17, 15) is 4.79 Å². The maximum Gasteiger partial charge on any atom is 0.318 e. The van der Waals surface area contributed by atoms with Crippen LogP contribution in [0.3, 0.4) is 0 Å². The second-order valence-corrected chi connectivity index (χ2v) is 9.70. The molecule has 4 aromatic rings. The van der Waals surface area contributed by atoms with Gasteiger partial charge in [0.25, 0.3) is 0 Å². The fourth-order valence-corrected chi connectivity index (χ4v) is 5.21. The Labute approximate surface area is 216 Å². The highest BCUT2D eigenvalue weighted by Gasteiger charge is 2.35. The highest BCUT2D eigenvalue weighted by Crippen LogP contribution is 2.38. The Balaban J connectivity index is 1.64. The van der Waals surface area contributed by atoms with Crippen molar-refractivity contribution in [3.63, 3.8) is 0 Å². The van der Waals surface area contributed by atoms with Crippen LogP contribution in [0.2, 0.25) is 0 Å². The van der Waals surface area contributed by atoms with Gasteiger partial charge in [-0.3, -0.25) is 0 Å². The summed E-state index contributed by atoms with van der Waals surface area (Å²) in [5, 5.41) is 8.02. The largest absolute Gasteiger partial charge is 0.385 e. The van der Waals surface area contributed by atoms with Gasteiger partial charge in [0.15, 0.2) is 0 Å². The van der Waals surface area contributed by atoms with Crippen molar-refractivity contribution in [2.24, 2.45) is 0 Å². The number of fused-ring (bicyclic) bond motifs is 3. The van der Waals surface area contributed by atoms with E-state index in [1.54, 1.807) is 18.9 Å². The lowest BCUT2D eigenvalue weighted by Gasteiger charge is -2.31. The summed E-state index contributed by atoms with van der Waals surface area (Å²) >= 11 is 1.71. The van der Waals surface area contributed by atoms with Crippen molar-refractivity contribution < 1.29 is 9.53 Å². The molecule has 0 radical (unpaired) electrons. The average Bonchev–Trinajstić information content (AvgIpc) is 3.47. The Hall–Kier alpha value is -3.49. The third-order valence-corrected chi connectivity index (χ3v) is 7.32. The number of aryl methyl sites for hydroxylation is 1. The molecule has 0 unspecified atom stereocenters. The lowest BCUT2D eigenvalue weighted by atomic mass is 10.0. The van der Waals surface area contributed by atoms with Crippen LogP contribution >= 0.6 is 11.8 Å². The molecule has 1 N–H and O–H groups in total. The molecule has 1 atom stereocenters. The van der Waals surface area contributed by atoms with E-state index in [0.717, 1.165) is 40.4 Å². The van der Waals surface area contributed by atoms with E-state index in [-0.39, 0.29) is 12.1 Å². The molecule has 2 amide bonds. The van der Waals surface area contributed by atoms with Crippen molar-refractivity contribution in [2.75, 3.05) is 26.5 Å². The summed E-state index contributed by atoms with van der Waals surface area (Å²) in [6.45, 7) is 3.62. The number of nitrogens with zero attached hydrogens (tertiary/aromatic N) is 4. The molecule has 0 aliphatic carbocycles. The number of carbonyl (C=O) groups excluding carboxylic acids is 1. The number of benzene rings is 2. The van der Waals surface area contributed by atoms with Gasteiger partial charge in [-0.15, -0.1) is 11.8 Å². The van der Waals surface area contributed by atoms with Crippen molar-refractivity contribution in [3.05, 3.63) is 95.4 Å². The maximum absolute atomic E-state index is 13.7. The maximum atomic E-state index is 13.7. The zero-order valence-electron chi connectivity index (χ0n) is 20.8. The molecule has 5 rings (SSSR count). The molecule has 0 saturated carbocycles. The van der Waals surface area contributed by atoms with Gasteiger partial charge in [0.05, 0.1) is 29.7 Å². The number of hydrogen-bond acceptors (Lipinski definition) is 4. The molecule has 3 heterocycles. The van der Waals surface area contributed by atoms with E-state index in [1.807, 2.05) is 40.8 Å². The zero-order chi connectivity index (χ0) is 25.1. The second-order valence-electron chi connectivity index (χ2n) is 8.82. The number of amides is 2. The Morgan fingerprint density at radius 1 is 1.11 bits per heavy atom. The molecular formula is C28H31N5O2S. The van der Waals surface area contributed by atoms with Gasteiger partial charge >= 0.3 is 6.03 Å². The molecule has 0 fully saturated rings. The van der Waals surface area contributed by atoms with E-state index >= 15 is 0 Å². The number of rotatable bonds is 7. The lowest BCUT2D eigenvalue weighted by Crippen LogP contribution is -2.42. The molecule has 1 aliphatic heterocycles. The molecule has 0 spiro atoms. The van der Waals surface area contributed by atoms with Gasteiger partial charge in [0, 0.05) is 36.9 Å². The fraction of sp³-hybridized carbons (Fsp3) is 0.286. The first-order chi connectivity index (χ1) is 17.6. The third kappa shape index (κ3) is 4.54. The fourth-order valence-electron chi connectivity index (χ4n) is 4.80. The second kappa shape index (κ2) is 10.6. The summed E-state index contributed by atoms with van der Waals surface area (Å²) in [6.07, 6.45) is 4.90. The SMILES string of the molecule is COCCCNC(=O)N1Cc2c(C)nn(-c3ccccc3)c2-n2cccc2[C@H]1c1ccc(SC)cc1. The number of ether oxygens (including phenoxy) is 1. The van der Waals surface area contributed by atoms with Crippen molar-refractivity contribution in [3.8, 4) is 11.5 Å². The van der Waals surface area contributed by atoms with Gasteiger partial charge < -0.3 is 19.5 Å². The van der Waals surface area contributed by atoms with Crippen molar-refractivity contribution in [1.29, 1.82) is 0 Å². The van der Waals surface area contributed by atoms with E-state index in [2.05, 4.69) is 64.8 Å². The molecule has 186 valence electrons. The van der Waals surface area contributed by atoms with Crippen LogP contribution in [-0.2, 0) is 11.3 Å². The Morgan fingerprint density at radius 3 is 2.61 bits per heavy atom. The van der Waals surface area contributed by atoms with E-state index < -0.39 is 0 Å². The summed E-state index contributed by atoms with van der Waals surface area (Å²) in [6, 6.07) is 22.4. The van der Waals surface area contributed by atoms with Gasteiger partial charge in [-0.25, -0.2) is 9.48 Å². The van der Waals surface area contributed by atoms with Crippen LogP contribution in [0.1, 0.15) is 35.0 Å². The number of thioether (sulfide) groups is 1. The molecule has 2 aromatic carbocycles. The molecule has 0 saturated heterocycles. The molecule has 0 bridgehead atoms. The number of aromatic nitrogens is 3. The topological polar surface area (TPSA) is 64.3 Å². The third-order valence-electron chi connectivity index (χ3n) is 6.58. The van der Waals surface area contributed by atoms with Crippen LogP contribution in [0.25, 0.3) is 11.5 Å². The van der Waals surface area contributed by atoms with Crippen LogP contribution in [0.5, 0.6) is 0 Å². The first-order valence-corrected chi connectivity index (χ1v) is 13.3. The number of urea groups is 1. The van der Waals surface area contributed by atoms with Gasteiger partial charge in [-0.05, 0) is 61.6 Å². The van der Waals surface area contributed by atoms with Crippen LogP contribution in [-0.4, -0.2) is 51.8 Å². The van der Waals surface area contributed by atoms with E-state index in [4.69, 9.17) is 9.84 Å². The van der Waals surface area contributed by atoms with Crippen LogP contribution in [0.4, 0.5) is 4.79 Å². The lowest BCUT2D eigenvalue weighted by molar-refractivity contribution is 0.174. The van der Waals surface area contributed by atoms with Gasteiger partial charge in [0.1, 0.15) is 5.82 Å². The number of hydrogen-bond donors (Lipinski definition) is 1. The number of methoxy groups -OCH3 is 1. The Morgan fingerprint density at radius 2 is 1.89 bits per heavy atom. The Bertz CT molecular complexity index is 1330. The first kappa shape index (κ1) is 24.2. The molecular weight excluding hydrogens is 470 g/mol. The molecule has 1 aliphatic rings. The Kier molecular flexibility index (Phi) is 7.16. The number of para-hydroxylation sites is 1. The molecule has 36 heavy (non-hydrogen) atoms. The van der Waals surface area contributed by atoms with Gasteiger partial charge in [-0.2, -0.15) is 5.10 Å². The average molecular weight is 502 g/mol.